The van der Waals surface area contributed by atoms with Gasteiger partial charge in [-0.3, -0.25) is 4.79 Å². The zero-order valence-electron chi connectivity index (χ0n) is 10.8. The van der Waals surface area contributed by atoms with Crippen LogP contribution in [0.4, 0.5) is 8.78 Å². The second kappa shape index (κ2) is 6.80. The largest absolute Gasteiger partial charge is 0.493 e. The third-order valence-corrected chi connectivity index (χ3v) is 2.81. The first-order chi connectivity index (χ1) is 9.66. The summed E-state index contributed by atoms with van der Waals surface area (Å²) in [7, 11) is 0. The van der Waals surface area contributed by atoms with E-state index in [1.165, 1.54) is 12.1 Å². The smallest absolute Gasteiger partial charge is 0.162 e. The molecule has 2 rings (SSSR count). The summed E-state index contributed by atoms with van der Waals surface area (Å²) in [4.78, 5) is 11.7. The number of ketones is 1. The molecule has 0 N–H and O–H groups in total. The minimum absolute atomic E-state index is 0.0784. The number of carbonyl (C=O) groups is 1. The normalized spacial score (nSPS) is 10.3. The second-order valence-corrected chi connectivity index (χ2v) is 4.34. The Morgan fingerprint density at radius 3 is 2.50 bits per heavy atom. The average molecular weight is 276 g/mol. The Bertz CT molecular complexity index is 582. The summed E-state index contributed by atoms with van der Waals surface area (Å²) < 4.78 is 31.8. The van der Waals surface area contributed by atoms with Crippen LogP contribution in [0, 0.1) is 11.6 Å². The van der Waals surface area contributed by atoms with Gasteiger partial charge in [-0.2, -0.15) is 0 Å². The van der Waals surface area contributed by atoms with Crippen molar-refractivity contribution >= 4 is 5.78 Å². The van der Waals surface area contributed by atoms with Crippen LogP contribution in [0.3, 0.4) is 0 Å². The summed E-state index contributed by atoms with van der Waals surface area (Å²) in [5, 5.41) is 0. The van der Waals surface area contributed by atoms with Gasteiger partial charge in [0.25, 0.3) is 0 Å². The molecule has 0 radical (unpaired) electrons. The third kappa shape index (κ3) is 3.88. The van der Waals surface area contributed by atoms with Gasteiger partial charge in [-0.15, -0.1) is 0 Å². The minimum Gasteiger partial charge on any atom is -0.493 e. The predicted molar refractivity (Wildman–Crippen MR) is 71.6 cm³/mol. The molecule has 2 aromatic carbocycles. The van der Waals surface area contributed by atoms with Crippen molar-refractivity contribution in [3.8, 4) is 5.75 Å². The highest BCUT2D eigenvalue weighted by atomic mass is 19.2. The SMILES string of the molecule is O=C(CCOc1ccccc1)Cc1cccc(F)c1F. The monoisotopic (exact) mass is 276 g/mol. The number of rotatable bonds is 6. The number of ether oxygens (including phenoxy) is 1. The molecule has 0 fully saturated rings. The van der Waals surface area contributed by atoms with Crippen molar-refractivity contribution in [2.45, 2.75) is 12.8 Å². The number of halogens is 2. The van der Waals surface area contributed by atoms with E-state index in [4.69, 9.17) is 4.74 Å². The molecule has 104 valence electrons. The molecule has 0 aliphatic rings. The first-order valence-electron chi connectivity index (χ1n) is 6.29. The lowest BCUT2D eigenvalue weighted by molar-refractivity contribution is -0.118. The van der Waals surface area contributed by atoms with E-state index >= 15 is 0 Å². The lowest BCUT2D eigenvalue weighted by Gasteiger charge is -2.06. The molecule has 0 aromatic heterocycles. The quantitative estimate of drug-likeness (QED) is 0.806. The molecule has 0 bridgehead atoms. The van der Waals surface area contributed by atoms with E-state index in [1.807, 2.05) is 18.2 Å². The van der Waals surface area contributed by atoms with Crippen molar-refractivity contribution in [3.63, 3.8) is 0 Å². The van der Waals surface area contributed by atoms with Gasteiger partial charge in [0, 0.05) is 12.8 Å². The van der Waals surface area contributed by atoms with Crippen LogP contribution in [0.2, 0.25) is 0 Å². The van der Waals surface area contributed by atoms with Crippen LogP contribution in [0.25, 0.3) is 0 Å². The van der Waals surface area contributed by atoms with Gasteiger partial charge in [0.05, 0.1) is 6.61 Å². The van der Waals surface area contributed by atoms with E-state index < -0.39 is 11.6 Å². The van der Waals surface area contributed by atoms with Crippen molar-refractivity contribution in [2.24, 2.45) is 0 Å². The Balaban J connectivity index is 1.82. The summed E-state index contributed by atoms with van der Waals surface area (Å²) in [5.41, 5.74) is 0.0784. The van der Waals surface area contributed by atoms with E-state index in [0.717, 1.165) is 6.07 Å². The van der Waals surface area contributed by atoms with E-state index in [9.17, 15) is 13.6 Å². The Hall–Kier alpha value is -2.23. The van der Waals surface area contributed by atoms with Gasteiger partial charge < -0.3 is 4.74 Å². The fourth-order valence-corrected chi connectivity index (χ4v) is 1.79. The molecule has 0 aliphatic carbocycles. The number of hydrogen-bond donors (Lipinski definition) is 0. The van der Waals surface area contributed by atoms with E-state index in [-0.39, 0.29) is 30.8 Å². The first kappa shape index (κ1) is 14.2. The minimum atomic E-state index is -0.954. The predicted octanol–water partition coefficient (Wildman–Crippen LogP) is 3.55. The summed E-state index contributed by atoms with van der Waals surface area (Å²) in [6.45, 7) is 0.222. The Kier molecular flexibility index (Phi) is 4.82. The molecule has 0 amide bonds. The topological polar surface area (TPSA) is 26.3 Å². The van der Waals surface area contributed by atoms with Gasteiger partial charge in [-0.25, -0.2) is 8.78 Å². The van der Waals surface area contributed by atoms with Crippen molar-refractivity contribution < 1.29 is 18.3 Å². The standard InChI is InChI=1S/C16H14F2O2/c17-15-8-4-5-12(16(15)18)11-13(19)9-10-20-14-6-2-1-3-7-14/h1-8H,9-11H2. The highest BCUT2D eigenvalue weighted by Crippen LogP contribution is 2.13. The van der Waals surface area contributed by atoms with E-state index in [2.05, 4.69) is 0 Å². The van der Waals surface area contributed by atoms with Crippen LogP contribution < -0.4 is 4.74 Å². The van der Waals surface area contributed by atoms with Gasteiger partial charge in [-0.1, -0.05) is 30.3 Å². The molecule has 0 aliphatic heterocycles. The van der Waals surface area contributed by atoms with Crippen LogP contribution in [0.1, 0.15) is 12.0 Å². The van der Waals surface area contributed by atoms with Crippen molar-refractivity contribution in [1.82, 2.24) is 0 Å². The van der Waals surface area contributed by atoms with E-state index in [0.29, 0.717) is 5.75 Å². The maximum atomic E-state index is 13.4. The number of para-hydroxylation sites is 1. The highest BCUT2D eigenvalue weighted by molar-refractivity contribution is 5.81. The lowest BCUT2D eigenvalue weighted by atomic mass is 10.1. The fourth-order valence-electron chi connectivity index (χ4n) is 1.79. The number of Topliss-reactive ketones (excluding diaryl/α,β-unsaturated/α-hetero) is 1. The van der Waals surface area contributed by atoms with Crippen LogP contribution >= 0.6 is 0 Å². The van der Waals surface area contributed by atoms with Crippen molar-refractivity contribution in [2.75, 3.05) is 6.61 Å². The van der Waals surface area contributed by atoms with Crippen LogP contribution in [0.5, 0.6) is 5.75 Å². The fraction of sp³-hybridized carbons (Fsp3) is 0.188. The molecule has 2 aromatic rings. The van der Waals surface area contributed by atoms with Gasteiger partial charge in [0.1, 0.15) is 11.5 Å². The summed E-state index contributed by atoms with van der Waals surface area (Å²) in [5.74, 6) is -1.40. The Morgan fingerprint density at radius 2 is 1.75 bits per heavy atom. The molecular weight excluding hydrogens is 262 g/mol. The molecule has 0 saturated carbocycles. The third-order valence-electron chi connectivity index (χ3n) is 2.81. The second-order valence-electron chi connectivity index (χ2n) is 4.34. The molecule has 0 heterocycles. The zero-order valence-corrected chi connectivity index (χ0v) is 10.8. The Labute approximate surface area is 116 Å². The molecule has 2 nitrogen and oxygen atoms in total. The lowest BCUT2D eigenvalue weighted by Crippen LogP contribution is -2.10. The maximum absolute atomic E-state index is 13.4. The number of hydrogen-bond acceptors (Lipinski definition) is 2. The number of benzene rings is 2. The van der Waals surface area contributed by atoms with Crippen LogP contribution in [-0.2, 0) is 11.2 Å². The molecule has 0 spiro atoms. The number of carbonyl (C=O) groups excluding carboxylic acids is 1. The molecule has 20 heavy (non-hydrogen) atoms. The molecular formula is C16H14F2O2. The molecule has 0 atom stereocenters. The van der Waals surface area contributed by atoms with Gasteiger partial charge in [0.15, 0.2) is 11.6 Å². The van der Waals surface area contributed by atoms with Crippen LogP contribution in [-0.4, -0.2) is 12.4 Å². The van der Waals surface area contributed by atoms with Crippen molar-refractivity contribution in [3.05, 3.63) is 65.7 Å². The summed E-state index contributed by atoms with van der Waals surface area (Å²) in [6.07, 6.45) is 0.0343. The van der Waals surface area contributed by atoms with Gasteiger partial charge in [0.2, 0.25) is 0 Å². The van der Waals surface area contributed by atoms with Crippen LogP contribution in [0.15, 0.2) is 48.5 Å². The Morgan fingerprint density at radius 1 is 1.00 bits per heavy atom. The summed E-state index contributed by atoms with van der Waals surface area (Å²) >= 11 is 0. The summed E-state index contributed by atoms with van der Waals surface area (Å²) in [6, 6.07) is 12.9. The molecule has 0 unspecified atom stereocenters. The maximum Gasteiger partial charge on any atom is 0.162 e. The average Bonchev–Trinajstić information content (AvgIpc) is 2.45. The molecule has 4 heteroatoms. The molecule has 0 saturated heterocycles. The zero-order chi connectivity index (χ0) is 14.4. The highest BCUT2D eigenvalue weighted by Gasteiger charge is 2.11. The van der Waals surface area contributed by atoms with Gasteiger partial charge in [-0.05, 0) is 23.8 Å². The van der Waals surface area contributed by atoms with Crippen molar-refractivity contribution in [1.29, 1.82) is 0 Å². The van der Waals surface area contributed by atoms with E-state index in [1.54, 1.807) is 12.1 Å². The first-order valence-corrected chi connectivity index (χ1v) is 6.29. The van der Waals surface area contributed by atoms with Gasteiger partial charge >= 0.3 is 0 Å².